The summed E-state index contributed by atoms with van der Waals surface area (Å²) < 4.78 is 0. The van der Waals surface area contributed by atoms with Crippen LogP contribution in [0.25, 0.3) is 0 Å². The normalized spacial score (nSPS) is 11.1. The van der Waals surface area contributed by atoms with Gasteiger partial charge in [0.1, 0.15) is 5.82 Å². The Labute approximate surface area is 111 Å². The fraction of sp³-hybridized carbons (Fsp3) is 0.143. The van der Waals surface area contributed by atoms with E-state index in [0.717, 1.165) is 0 Å². The van der Waals surface area contributed by atoms with Crippen molar-refractivity contribution in [1.29, 1.82) is 0 Å². The minimum atomic E-state index is -0.143. The average Bonchev–Trinajstić information content (AvgIpc) is 2.40. The molecule has 0 unspecified atom stereocenters. The van der Waals surface area contributed by atoms with Crippen LogP contribution >= 0.6 is 0 Å². The molecule has 0 aromatic carbocycles. The van der Waals surface area contributed by atoms with Crippen molar-refractivity contribution in [1.82, 2.24) is 9.97 Å². The first-order valence-corrected chi connectivity index (χ1v) is 5.90. The summed E-state index contributed by atoms with van der Waals surface area (Å²) in [5, 5.41) is 2.71. The lowest BCUT2D eigenvalue weighted by Gasteiger charge is -2.03. The molecule has 96 valence electrons. The van der Waals surface area contributed by atoms with Gasteiger partial charge in [-0.15, -0.1) is 0 Å². The standard InChI is InChI=1S/C14H14N4O/c1-11(17-12-6-2-4-8-15-12)10-14(19)18-13-7-3-5-9-16-13/h2-9H,10H2,1H3,(H,16,18,19). The molecule has 0 atom stereocenters. The van der Waals surface area contributed by atoms with E-state index < -0.39 is 0 Å². The molecule has 2 aromatic rings. The smallest absolute Gasteiger partial charge is 0.231 e. The third kappa shape index (κ3) is 4.31. The van der Waals surface area contributed by atoms with Crippen LogP contribution in [-0.2, 0) is 4.79 Å². The lowest BCUT2D eigenvalue weighted by Crippen LogP contribution is -2.15. The maximum atomic E-state index is 11.8. The number of amides is 1. The van der Waals surface area contributed by atoms with Gasteiger partial charge < -0.3 is 5.32 Å². The van der Waals surface area contributed by atoms with E-state index in [-0.39, 0.29) is 12.3 Å². The quantitative estimate of drug-likeness (QED) is 0.853. The highest BCUT2D eigenvalue weighted by Gasteiger charge is 2.05. The molecule has 0 saturated carbocycles. The van der Waals surface area contributed by atoms with Crippen LogP contribution in [0.15, 0.2) is 53.8 Å². The van der Waals surface area contributed by atoms with Crippen LogP contribution in [0.2, 0.25) is 0 Å². The van der Waals surface area contributed by atoms with Crippen LogP contribution in [0.3, 0.4) is 0 Å². The topological polar surface area (TPSA) is 67.2 Å². The van der Waals surface area contributed by atoms with E-state index in [1.165, 1.54) is 0 Å². The minimum Gasteiger partial charge on any atom is -0.310 e. The summed E-state index contributed by atoms with van der Waals surface area (Å²) in [6.45, 7) is 1.80. The van der Waals surface area contributed by atoms with Crippen molar-refractivity contribution >= 4 is 23.3 Å². The Kier molecular flexibility index (Phi) is 4.34. The average molecular weight is 254 g/mol. The molecular weight excluding hydrogens is 240 g/mol. The Morgan fingerprint density at radius 1 is 1.16 bits per heavy atom. The van der Waals surface area contributed by atoms with Crippen molar-refractivity contribution < 1.29 is 4.79 Å². The summed E-state index contributed by atoms with van der Waals surface area (Å²) in [5.74, 6) is 1.000. The summed E-state index contributed by atoms with van der Waals surface area (Å²) in [6, 6.07) is 10.8. The highest BCUT2D eigenvalue weighted by molar-refractivity contribution is 6.05. The number of aromatic nitrogens is 2. The van der Waals surface area contributed by atoms with Crippen molar-refractivity contribution in [3.63, 3.8) is 0 Å². The molecule has 2 rings (SSSR count). The molecule has 1 amide bonds. The molecule has 2 aromatic heterocycles. The molecule has 0 aliphatic rings. The number of aliphatic imine (C=N–C) groups is 1. The lowest BCUT2D eigenvalue weighted by atomic mass is 10.3. The second-order valence-corrected chi connectivity index (χ2v) is 3.97. The van der Waals surface area contributed by atoms with Gasteiger partial charge in [-0.3, -0.25) is 4.79 Å². The first-order valence-electron chi connectivity index (χ1n) is 5.90. The number of nitrogens with one attached hydrogen (secondary N) is 1. The molecule has 19 heavy (non-hydrogen) atoms. The molecule has 0 radical (unpaired) electrons. The number of hydrogen-bond acceptors (Lipinski definition) is 4. The fourth-order valence-corrected chi connectivity index (χ4v) is 1.51. The number of carbonyl (C=O) groups is 1. The van der Waals surface area contributed by atoms with Crippen molar-refractivity contribution in [3.8, 4) is 0 Å². The Balaban J connectivity index is 1.94. The Morgan fingerprint density at radius 2 is 1.89 bits per heavy atom. The summed E-state index contributed by atoms with van der Waals surface area (Å²) in [5.41, 5.74) is 0.701. The number of anilines is 1. The monoisotopic (exact) mass is 254 g/mol. The van der Waals surface area contributed by atoms with Crippen LogP contribution in [0.5, 0.6) is 0 Å². The molecule has 0 aliphatic carbocycles. The van der Waals surface area contributed by atoms with Gasteiger partial charge in [0, 0.05) is 18.1 Å². The second-order valence-electron chi connectivity index (χ2n) is 3.97. The first kappa shape index (κ1) is 12.9. The van der Waals surface area contributed by atoms with Crippen LogP contribution < -0.4 is 5.32 Å². The summed E-state index contributed by atoms with van der Waals surface area (Å²) in [4.78, 5) is 24.1. The molecule has 0 spiro atoms. The predicted octanol–water partition coefficient (Wildman–Crippen LogP) is 2.60. The summed E-state index contributed by atoms with van der Waals surface area (Å²) in [7, 11) is 0. The van der Waals surface area contributed by atoms with E-state index in [2.05, 4.69) is 20.3 Å². The van der Waals surface area contributed by atoms with Gasteiger partial charge in [-0.1, -0.05) is 12.1 Å². The number of rotatable bonds is 4. The van der Waals surface area contributed by atoms with Gasteiger partial charge in [0.05, 0.1) is 6.42 Å². The van der Waals surface area contributed by atoms with Gasteiger partial charge in [0.2, 0.25) is 5.91 Å². The molecular formula is C14H14N4O. The van der Waals surface area contributed by atoms with Gasteiger partial charge in [0.15, 0.2) is 5.82 Å². The highest BCUT2D eigenvalue weighted by Crippen LogP contribution is 2.07. The van der Waals surface area contributed by atoms with Crippen LogP contribution in [-0.4, -0.2) is 21.6 Å². The molecule has 5 heteroatoms. The number of carbonyl (C=O) groups excluding carboxylic acids is 1. The van der Waals surface area contributed by atoms with Crippen molar-refractivity contribution in [2.75, 3.05) is 5.32 Å². The zero-order valence-electron chi connectivity index (χ0n) is 10.6. The van der Waals surface area contributed by atoms with E-state index >= 15 is 0 Å². The molecule has 0 bridgehead atoms. The molecule has 0 fully saturated rings. The van der Waals surface area contributed by atoms with Gasteiger partial charge in [0.25, 0.3) is 0 Å². The van der Waals surface area contributed by atoms with E-state index in [0.29, 0.717) is 17.3 Å². The second kappa shape index (κ2) is 6.39. The van der Waals surface area contributed by atoms with E-state index in [1.54, 1.807) is 37.5 Å². The molecule has 5 nitrogen and oxygen atoms in total. The van der Waals surface area contributed by atoms with Gasteiger partial charge in [-0.25, -0.2) is 15.0 Å². The van der Waals surface area contributed by atoms with E-state index in [9.17, 15) is 4.79 Å². The third-order valence-corrected chi connectivity index (χ3v) is 2.30. The van der Waals surface area contributed by atoms with E-state index in [4.69, 9.17) is 0 Å². The van der Waals surface area contributed by atoms with E-state index in [1.807, 2.05) is 18.2 Å². The summed E-state index contributed by atoms with van der Waals surface area (Å²) >= 11 is 0. The number of hydrogen-bond donors (Lipinski definition) is 1. The Morgan fingerprint density at radius 3 is 2.53 bits per heavy atom. The molecule has 1 N–H and O–H groups in total. The molecule has 0 aliphatic heterocycles. The van der Waals surface area contributed by atoms with Crippen molar-refractivity contribution in [2.45, 2.75) is 13.3 Å². The van der Waals surface area contributed by atoms with Crippen LogP contribution in [0.1, 0.15) is 13.3 Å². The lowest BCUT2D eigenvalue weighted by molar-refractivity contribution is -0.115. The van der Waals surface area contributed by atoms with Gasteiger partial charge in [-0.05, 0) is 31.2 Å². The SMILES string of the molecule is CC(CC(=O)Nc1ccccn1)=Nc1ccccn1. The predicted molar refractivity (Wildman–Crippen MR) is 74.5 cm³/mol. The van der Waals surface area contributed by atoms with Crippen molar-refractivity contribution in [2.24, 2.45) is 4.99 Å². The highest BCUT2D eigenvalue weighted by atomic mass is 16.1. The van der Waals surface area contributed by atoms with Crippen LogP contribution in [0.4, 0.5) is 11.6 Å². The third-order valence-electron chi connectivity index (χ3n) is 2.30. The first-order chi connectivity index (χ1) is 9.24. The molecule has 0 saturated heterocycles. The Bertz CT molecular complexity index is 567. The Hall–Kier alpha value is -2.56. The van der Waals surface area contributed by atoms with Crippen LogP contribution in [0, 0.1) is 0 Å². The van der Waals surface area contributed by atoms with Crippen molar-refractivity contribution in [3.05, 3.63) is 48.8 Å². The van der Waals surface area contributed by atoms with Gasteiger partial charge in [-0.2, -0.15) is 0 Å². The fourth-order valence-electron chi connectivity index (χ4n) is 1.51. The maximum absolute atomic E-state index is 11.8. The largest absolute Gasteiger partial charge is 0.310 e. The maximum Gasteiger partial charge on any atom is 0.231 e. The number of pyridine rings is 2. The number of nitrogens with zero attached hydrogens (tertiary/aromatic N) is 3. The van der Waals surface area contributed by atoms with Gasteiger partial charge >= 0.3 is 0 Å². The zero-order valence-corrected chi connectivity index (χ0v) is 10.6. The zero-order chi connectivity index (χ0) is 13.5. The molecule has 2 heterocycles. The minimum absolute atomic E-state index is 0.143. The summed E-state index contributed by atoms with van der Waals surface area (Å²) in [6.07, 6.45) is 3.51.